The van der Waals surface area contributed by atoms with Gasteiger partial charge in [-0.2, -0.15) is 0 Å². The van der Waals surface area contributed by atoms with Crippen molar-refractivity contribution in [2.45, 2.75) is 39.0 Å². The van der Waals surface area contributed by atoms with E-state index in [4.69, 9.17) is 23.2 Å². The quantitative estimate of drug-likeness (QED) is 0.641. The second-order valence-electron chi connectivity index (χ2n) is 5.04. The van der Waals surface area contributed by atoms with Crippen LogP contribution in [0, 0.1) is 0 Å². The Hall–Kier alpha value is -1.05. The van der Waals surface area contributed by atoms with Crippen LogP contribution in [0.1, 0.15) is 36.5 Å². The van der Waals surface area contributed by atoms with E-state index >= 15 is 0 Å². The molecule has 1 aromatic heterocycles. The first-order valence-corrected chi connectivity index (χ1v) is 7.82. The smallest absolute Gasteiger partial charge is 0.147 e. The molecule has 1 nitrogen and oxygen atoms in total. The summed E-state index contributed by atoms with van der Waals surface area (Å²) in [5.41, 5.74) is 3.89. The number of aryl methyl sites for hydroxylation is 3. The Morgan fingerprint density at radius 1 is 0.900 bits per heavy atom. The molecule has 1 heterocycles. The Morgan fingerprint density at radius 2 is 1.50 bits per heavy atom. The number of unbranched alkanes of at least 4 members (excludes halogenated alkanes) is 1. The van der Waals surface area contributed by atoms with Gasteiger partial charge in [0.25, 0.3) is 0 Å². The highest BCUT2D eigenvalue weighted by Gasteiger charge is 2.02. The van der Waals surface area contributed by atoms with Gasteiger partial charge in [0.1, 0.15) is 5.15 Å². The number of rotatable bonds is 6. The third-order valence-corrected chi connectivity index (χ3v) is 4.08. The van der Waals surface area contributed by atoms with Crippen molar-refractivity contribution in [3.63, 3.8) is 0 Å². The molecule has 2 aromatic rings. The maximum atomic E-state index is 5.97. The second-order valence-corrected chi connectivity index (χ2v) is 5.80. The predicted octanol–water partition coefficient (Wildman–Crippen LogP) is 5.52. The molecule has 20 heavy (non-hydrogen) atoms. The van der Waals surface area contributed by atoms with Gasteiger partial charge in [-0.1, -0.05) is 60.8 Å². The molecular formula is C17H19Cl2N. The Bertz CT molecular complexity index is 549. The van der Waals surface area contributed by atoms with Crippen LogP contribution in [0.15, 0.2) is 36.5 Å². The highest BCUT2D eigenvalue weighted by atomic mass is 35.5. The minimum Gasteiger partial charge on any atom is -0.243 e. The van der Waals surface area contributed by atoms with Crippen molar-refractivity contribution in [2.24, 2.45) is 0 Å². The lowest BCUT2D eigenvalue weighted by Crippen LogP contribution is -1.93. The van der Waals surface area contributed by atoms with Gasteiger partial charge in [0.2, 0.25) is 0 Å². The molecule has 0 fully saturated rings. The minimum atomic E-state index is 0.371. The van der Waals surface area contributed by atoms with Gasteiger partial charge in [0, 0.05) is 6.20 Å². The van der Waals surface area contributed by atoms with Crippen LogP contribution in [0.3, 0.4) is 0 Å². The van der Waals surface area contributed by atoms with E-state index in [0.717, 1.165) is 18.4 Å². The summed E-state index contributed by atoms with van der Waals surface area (Å²) >= 11 is 11.8. The molecule has 0 amide bonds. The van der Waals surface area contributed by atoms with Crippen molar-refractivity contribution < 1.29 is 0 Å². The van der Waals surface area contributed by atoms with Crippen LogP contribution in [0.2, 0.25) is 10.2 Å². The fourth-order valence-corrected chi connectivity index (χ4v) is 2.43. The molecule has 0 bridgehead atoms. The van der Waals surface area contributed by atoms with E-state index in [2.05, 4.69) is 36.2 Å². The first kappa shape index (κ1) is 15.3. The molecule has 0 aliphatic heterocycles. The maximum absolute atomic E-state index is 5.97. The number of halogens is 2. The first-order chi connectivity index (χ1) is 9.69. The van der Waals surface area contributed by atoms with Gasteiger partial charge >= 0.3 is 0 Å². The summed E-state index contributed by atoms with van der Waals surface area (Å²) in [7, 11) is 0. The van der Waals surface area contributed by atoms with Crippen LogP contribution in [0.25, 0.3) is 0 Å². The average Bonchev–Trinajstić information content (AvgIpc) is 2.47. The summed E-state index contributed by atoms with van der Waals surface area (Å²) in [4.78, 5) is 4.07. The number of pyridine rings is 1. The number of benzene rings is 1. The Labute approximate surface area is 131 Å². The maximum Gasteiger partial charge on any atom is 0.147 e. The zero-order chi connectivity index (χ0) is 14.4. The summed E-state index contributed by atoms with van der Waals surface area (Å²) in [5.74, 6) is 0. The molecule has 0 N–H and O–H groups in total. The van der Waals surface area contributed by atoms with E-state index in [1.165, 1.54) is 30.4 Å². The van der Waals surface area contributed by atoms with Crippen LogP contribution in [-0.4, -0.2) is 4.98 Å². The van der Waals surface area contributed by atoms with Crippen LogP contribution < -0.4 is 0 Å². The summed E-state index contributed by atoms with van der Waals surface area (Å²) in [6.45, 7) is 2.22. The van der Waals surface area contributed by atoms with Gasteiger partial charge in [0.15, 0.2) is 0 Å². The standard InChI is InChI=1S/C17H19Cl2N/c1-2-3-4-13-5-7-14(8-6-13)9-10-15-11-16(18)17(19)20-12-15/h5-8,11-12H,2-4,9-10H2,1H3. The number of hydrogen-bond acceptors (Lipinski definition) is 1. The molecule has 3 heteroatoms. The first-order valence-electron chi connectivity index (χ1n) is 7.06. The summed E-state index contributed by atoms with van der Waals surface area (Å²) in [5, 5.41) is 0.898. The van der Waals surface area contributed by atoms with Gasteiger partial charge in [0.05, 0.1) is 5.02 Å². The third kappa shape index (κ3) is 4.50. The Kier molecular flexibility index (Phi) is 5.87. The molecule has 106 valence electrons. The molecule has 1 aromatic carbocycles. The van der Waals surface area contributed by atoms with Gasteiger partial charge in [-0.05, 0) is 48.4 Å². The summed E-state index contributed by atoms with van der Waals surface area (Å²) < 4.78 is 0. The monoisotopic (exact) mass is 307 g/mol. The van der Waals surface area contributed by atoms with Crippen LogP contribution in [0.4, 0.5) is 0 Å². The third-order valence-electron chi connectivity index (χ3n) is 3.40. The zero-order valence-corrected chi connectivity index (χ0v) is 13.2. The van der Waals surface area contributed by atoms with E-state index in [9.17, 15) is 0 Å². The molecule has 0 atom stereocenters. The van der Waals surface area contributed by atoms with Crippen LogP contribution >= 0.6 is 23.2 Å². The lowest BCUT2D eigenvalue weighted by Gasteiger charge is -2.05. The lowest BCUT2D eigenvalue weighted by atomic mass is 10.0. The normalized spacial score (nSPS) is 10.8. The van der Waals surface area contributed by atoms with Crippen molar-refractivity contribution in [1.82, 2.24) is 4.98 Å². The fourth-order valence-electron chi connectivity index (χ4n) is 2.14. The van der Waals surface area contributed by atoms with Crippen molar-refractivity contribution in [2.75, 3.05) is 0 Å². The highest BCUT2D eigenvalue weighted by Crippen LogP contribution is 2.20. The molecule has 0 unspecified atom stereocenters. The topological polar surface area (TPSA) is 12.9 Å². The molecule has 0 aliphatic rings. The summed E-state index contributed by atoms with van der Waals surface area (Å²) in [6.07, 6.45) is 7.39. The molecule has 0 radical (unpaired) electrons. The lowest BCUT2D eigenvalue weighted by molar-refractivity contribution is 0.794. The molecule has 0 aliphatic carbocycles. The number of aromatic nitrogens is 1. The van der Waals surface area contributed by atoms with Gasteiger partial charge in [-0.3, -0.25) is 0 Å². The molecule has 0 saturated carbocycles. The van der Waals surface area contributed by atoms with Gasteiger partial charge in [-0.15, -0.1) is 0 Å². The van der Waals surface area contributed by atoms with E-state index in [1.807, 2.05) is 6.07 Å². The summed E-state index contributed by atoms with van der Waals surface area (Å²) in [6, 6.07) is 10.8. The molecular weight excluding hydrogens is 289 g/mol. The fraction of sp³-hybridized carbons (Fsp3) is 0.353. The van der Waals surface area contributed by atoms with E-state index in [-0.39, 0.29) is 0 Å². The van der Waals surface area contributed by atoms with E-state index in [1.54, 1.807) is 6.20 Å². The SMILES string of the molecule is CCCCc1ccc(CCc2cnc(Cl)c(Cl)c2)cc1. The van der Waals surface area contributed by atoms with Crippen LogP contribution in [0.5, 0.6) is 0 Å². The second kappa shape index (κ2) is 7.66. The zero-order valence-electron chi connectivity index (χ0n) is 11.7. The Balaban J connectivity index is 1.91. The van der Waals surface area contributed by atoms with Gasteiger partial charge < -0.3 is 0 Å². The average molecular weight is 308 g/mol. The molecule has 0 spiro atoms. The van der Waals surface area contributed by atoms with Gasteiger partial charge in [-0.25, -0.2) is 4.98 Å². The van der Waals surface area contributed by atoms with E-state index < -0.39 is 0 Å². The number of nitrogens with zero attached hydrogens (tertiary/aromatic N) is 1. The van der Waals surface area contributed by atoms with Crippen molar-refractivity contribution in [3.8, 4) is 0 Å². The number of hydrogen-bond donors (Lipinski definition) is 0. The molecule has 0 saturated heterocycles. The van der Waals surface area contributed by atoms with Crippen molar-refractivity contribution >= 4 is 23.2 Å². The predicted molar refractivity (Wildman–Crippen MR) is 86.7 cm³/mol. The van der Waals surface area contributed by atoms with Crippen LogP contribution in [-0.2, 0) is 19.3 Å². The largest absolute Gasteiger partial charge is 0.243 e. The highest BCUT2D eigenvalue weighted by molar-refractivity contribution is 6.41. The van der Waals surface area contributed by atoms with Crippen molar-refractivity contribution in [1.29, 1.82) is 0 Å². The van der Waals surface area contributed by atoms with E-state index in [0.29, 0.717) is 10.2 Å². The molecule has 2 rings (SSSR count). The van der Waals surface area contributed by atoms with Crippen molar-refractivity contribution in [3.05, 3.63) is 63.4 Å². The Morgan fingerprint density at radius 3 is 2.10 bits per heavy atom. The minimum absolute atomic E-state index is 0.371.